The van der Waals surface area contributed by atoms with Gasteiger partial charge in [0.05, 0.1) is 24.2 Å². The fourth-order valence-corrected chi connectivity index (χ4v) is 4.68. The van der Waals surface area contributed by atoms with Crippen LogP contribution >= 0.6 is 0 Å². The molecule has 1 aliphatic rings. The molecule has 3 rings (SSSR count). The Hall–Kier alpha value is -2.35. The SMILES string of the molecule is Cc1ccc2c(CC(=O)O[C@@H](C)C(=O)N[C@@H]3CCS(=O)(=O)C3)coc2c1. The lowest BCUT2D eigenvalue weighted by Crippen LogP contribution is -2.42. The predicted molar refractivity (Wildman–Crippen MR) is 95.4 cm³/mol. The van der Waals surface area contributed by atoms with Gasteiger partial charge in [0.25, 0.3) is 5.91 Å². The van der Waals surface area contributed by atoms with Crippen LogP contribution in [0.4, 0.5) is 0 Å². The van der Waals surface area contributed by atoms with Crippen molar-refractivity contribution >= 4 is 32.7 Å². The van der Waals surface area contributed by atoms with E-state index in [1.165, 1.54) is 13.2 Å². The molecule has 1 fully saturated rings. The number of carbonyl (C=O) groups is 2. The van der Waals surface area contributed by atoms with Gasteiger partial charge in [0, 0.05) is 17.0 Å². The molecule has 0 aliphatic carbocycles. The third-order valence-corrected chi connectivity index (χ3v) is 6.17. The van der Waals surface area contributed by atoms with E-state index in [2.05, 4.69) is 5.32 Å². The van der Waals surface area contributed by atoms with Crippen molar-refractivity contribution < 1.29 is 27.2 Å². The van der Waals surface area contributed by atoms with Crippen LogP contribution in [0.25, 0.3) is 11.0 Å². The van der Waals surface area contributed by atoms with Crippen LogP contribution < -0.4 is 5.32 Å². The second-order valence-corrected chi connectivity index (χ2v) is 8.91. The predicted octanol–water partition coefficient (Wildman–Crippen LogP) is 1.52. The zero-order valence-corrected chi connectivity index (χ0v) is 15.5. The van der Waals surface area contributed by atoms with Crippen molar-refractivity contribution in [3.8, 4) is 0 Å². The molecular weight excluding hydrogens is 358 g/mol. The number of aryl methyl sites for hydroxylation is 1. The number of benzene rings is 1. The van der Waals surface area contributed by atoms with Gasteiger partial charge in [-0.3, -0.25) is 9.59 Å². The van der Waals surface area contributed by atoms with Crippen LogP contribution in [-0.4, -0.2) is 43.9 Å². The van der Waals surface area contributed by atoms with E-state index in [0.717, 1.165) is 10.9 Å². The van der Waals surface area contributed by atoms with Gasteiger partial charge in [-0.15, -0.1) is 0 Å². The summed E-state index contributed by atoms with van der Waals surface area (Å²) in [6, 6.07) is 5.27. The maximum absolute atomic E-state index is 12.1. The minimum Gasteiger partial charge on any atom is -0.464 e. The molecule has 8 heteroatoms. The fraction of sp³-hybridized carbons (Fsp3) is 0.444. The first-order chi connectivity index (χ1) is 12.2. The monoisotopic (exact) mass is 379 g/mol. The van der Waals surface area contributed by atoms with E-state index in [1.807, 2.05) is 25.1 Å². The molecular formula is C18H21NO6S. The molecule has 0 radical (unpaired) electrons. The molecule has 1 aromatic carbocycles. The molecule has 1 aromatic heterocycles. The van der Waals surface area contributed by atoms with Gasteiger partial charge in [0.1, 0.15) is 5.58 Å². The number of hydrogen-bond acceptors (Lipinski definition) is 6. The van der Waals surface area contributed by atoms with Crippen molar-refractivity contribution in [2.45, 2.75) is 38.8 Å². The fourth-order valence-electron chi connectivity index (χ4n) is 3.00. The number of sulfone groups is 1. The van der Waals surface area contributed by atoms with E-state index in [-0.39, 0.29) is 17.9 Å². The molecule has 2 heterocycles. The van der Waals surface area contributed by atoms with Crippen molar-refractivity contribution in [3.05, 3.63) is 35.6 Å². The lowest BCUT2D eigenvalue weighted by atomic mass is 10.1. The molecule has 0 bridgehead atoms. The van der Waals surface area contributed by atoms with Crippen molar-refractivity contribution in [2.24, 2.45) is 0 Å². The molecule has 1 saturated heterocycles. The van der Waals surface area contributed by atoms with Crippen molar-refractivity contribution in [3.63, 3.8) is 0 Å². The van der Waals surface area contributed by atoms with Crippen molar-refractivity contribution in [1.29, 1.82) is 0 Å². The van der Waals surface area contributed by atoms with Gasteiger partial charge in [-0.25, -0.2) is 8.42 Å². The van der Waals surface area contributed by atoms with Crippen LogP contribution in [-0.2, 0) is 30.6 Å². The number of rotatable bonds is 5. The molecule has 140 valence electrons. The minimum absolute atomic E-state index is 0.00844. The summed E-state index contributed by atoms with van der Waals surface area (Å²) < 4.78 is 33.5. The summed E-state index contributed by atoms with van der Waals surface area (Å²) in [5, 5.41) is 3.45. The highest BCUT2D eigenvalue weighted by Gasteiger charge is 2.30. The molecule has 7 nitrogen and oxygen atoms in total. The number of hydrogen-bond donors (Lipinski definition) is 1. The second kappa shape index (κ2) is 7.11. The number of fused-ring (bicyclic) bond motifs is 1. The molecule has 0 unspecified atom stereocenters. The van der Waals surface area contributed by atoms with E-state index in [0.29, 0.717) is 17.6 Å². The van der Waals surface area contributed by atoms with E-state index in [1.54, 1.807) is 0 Å². The Morgan fingerprint density at radius 2 is 2.15 bits per heavy atom. The summed E-state index contributed by atoms with van der Waals surface area (Å²) in [5.74, 6) is -1.04. The zero-order chi connectivity index (χ0) is 18.9. The Morgan fingerprint density at radius 3 is 2.85 bits per heavy atom. The standard InChI is InChI=1S/C18H21NO6S/c1-11-3-4-15-13(9-24-16(15)7-11)8-17(20)25-12(2)18(21)19-14-5-6-26(22,23)10-14/h3-4,7,9,12,14H,5-6,8,10H2,1-2H3,(H,19,21)/t12-,14+/m0/s1. The van der Waals surface area contributed by atoms with E-state index in [9.17, 15) is 18.0 Å². The Kier molecular flexibility index (Phi) is 5.04. The van der Waals surface area contributed by atoms with E-state index in [4.69, 9.17) is 9.15 Å². The highest BCUT2D eigenvalue weighted by Crippen LogP contribution is 2.23. The lowest BCUT2D eigenvalue weighted by molar-refractivity contribution is -0.154. The maximum atomic E-state index is 12.1. The zero-order valence-electron chi connectivity index (χ0n) is 14.7. The average Bonchev–Trinajstić information content (AvgIpc) is 3.09. The number of nitrogens with one attached hydrogen (secondary N) is 1. The van der Waals surface area contributed by atoms with Gasteiger partial charge in [0.2, 0.25) is 0 Å². The Morgan fingerprint density at radius 1 is 1.38 bits per heavy atom. The van der Waals surface area contributed by atoms with Crippen LogP contribution in [0, 0.1) is 6.92 Å². The molecule has 1 amide bonds. The van der Waals surface area contributed by atoms with E-state index >= 15 is 0 Å². The van der Waals surface area contributed by atoms with Crippen LogP contribution in [0.5, 0.6) is 0 Å². The number of carbonyl (C=O) groups excluding carboxylic acids is 2. The van der Waals surface area contributed by atoms with Gasteiger partial charge in [-0.2, -0.15) is 0 Å². The Labute approximate surface area is 151 Å². The average molecular weight is 379 g/mol. The smallest absolute Gasteiger partial charge is 0.311 e. The number of ether oxygens (including phenoxy) is 1. The number of amides is 1. The Bertz CT molecular complexity index is 946. The van der Waals surface area contributed by atoms with Crippen molar-refractivity contribution in [1.82, 2.24) is 5.32 Å². The lowest BCUT2D eigenvalue weighted by Gasteiger charge is -2.16. The molecule has 1 N–H and O–H groups in total. The third-order valence-electron chi connectivity index (χ3n) is 4.40. The topological polar surface area (TPSA) is 103 Å². The van der Waals surface area contributed by atoms with Crippen LogP contribution in [0.3, 0.4) is 0 Å². The minimum atomic E-state index is -3.08. The third kappa shape index (κ3) is 4.24. The molecule has 1 aliphatic heterocycles. The van der Waals surface area contributed by atoms with Crippen LogP contribution in [0.2, 0.25) is 0 Å². The molecule has 26 heavy (non-hydrogen) atoms. The van der Waals surface area contributed by atoms with Crippen molar-refractivity contribution in [2.75, 3.05) is 11.5 Å². The summed E-state index contributed by atoms with van der Waals surface area (Å²) in [4.78, 5) is 24.2. The largest absolute Gasteiger partial charge is 0.464 e. The first-order valence-corrected chi connectivity index (χ1v) is 10.2. The maximum Gasteiger partial charge on any atom is 0.311 e. The summed E-state index contributed by atoms with van der Waals surface area (Å²) in [6.45, 7) is 3.42. The first-order valence-electron chi connectivity index (χ1n) is 8.40. The Balaban J connectivity index is 1.56. The normalized spacial score (nSPS) is 20.0. The number of furan rings is 1. The highest BCUT2D eigenvalue weighted by atomic mass is 32.2. The van der Waals surface area contributed by atoms with Gasteiger partial charge < -0.3 is 14.5 Å². The molecule has 2 atom stereocenters. The van der Waals surface area contributed by atoms with Crippen LogP contribution in [0.15, 0.2) is 28.9 Å². The molecule has 0 saturated carbocycles. The summed E-state index contributed by atoms with van der Waals surface area (Å²) in [5.41, 5.74) is 2.45. The van der Waals surface area contributed by atoms with Gasteiger partial charge in [-0.05, 0) is 31.9 Å². The second-order valence-electron chi connectivity index (χ2n) is 6.68. The summed E-state index contributed by atoms with van der Waals surface area (Å²) in [7, 11) is -3.08. The quantitative estimate of drug-likeness (QED) is 0.790. The highest BCUT2D eigenvalue weighted by molar-refractivity contribution is 7.91. The molecule has 0 spiro atoms. The van der Waals surface area contributed by atoms with Gasteiger partial charge in [0.15, 0.2) is 15.9 Å². The van der Waals surface area contributed by atoms with Gasteiger partial charge >= 0.3 is 5.97 Å². The molecule has 2 aromatic rings. The van der Waals surface area contributed by atoms with Crippen LogP contribution in [0.1, 0.15) is 24.5 Å². The van der Waals surface area contributed by atoms with Gasteiger partial charge in [-0.1, -0.05) is 12.1 Å². The van der Waals surface area contributed by atoms with E-state index < -0.39 is 33.9 Å². The number of esters is 1. The summed E-state index contributed by atoms with van der Waals surface area (Å²) >= 11 is 0. The first kappa shape index (κ1) is 18.4. The summed E-state index contributed by atoms with van der Waals surface area (Å²) in [6.07, 6.45) is 0.895.